The number of anilines is 1. The minimum Gasteiger partial charge on any atom is -0.483 e. The molecule has 8 heteroatoms. The lowest BCUT2D eigenvalue weighted by Gasteiger charge is -2.11. The van der Waals surface area contributed by atoms with E-state index in [0.29, 0.717) is 16.8 Å². The number of carbonyl (C=O) groups is 2. The van der Waals surface area contributed by atoms with Crippen LogP contribution in [0.4, 0.5) is 11.4 Å². The second-order valence-electron chi connectivity index (χ2n) is 5.77. The van der Waals surface area contributed by atoms with Crippen molar-refractivity contribution in [3.63, 3.8) is 0 Å². The molecule has 0 aliphatic rings. The standard InChI is InChI=1S/C18H19N3O5/c1-12-15(21(24)25)5-4-6-16(12)26-11-17(22)19-14-9-7-13(8-10-14)18(23)20(2)3/h4-10H,11H2,1-3H3,(H,19,22). The lowest BCUT2D eigenvalue weighted by molar-refractivity contribution is -0.385. The number of nitrogens with zero attached hydrogens (tertiary/aromatic N) is 2. The van der Waals surface area contributed by atoms with E-state index >= 15 is 0 Å². The van der Waals surface area contributed by atoms with Crippen LogP contribution in [0.2, 0.25) is 0 Å². The Balaban J connectivity index is 1.96. The Morgan fingerprint density at radius 2 is 1.81 bits per heavy atom. The van der Waals surface area contributed by atoms with Gasteiger partial charge in [-0.2, -0.15) is 0 Å². The van der Waals surface area contributed by atoms with Crippen molar-refractivity contribution in [1.82, 2.24) is 4.90 Å². The molecule has 0 unspecified atom stereocenters. The van der Waals surface area contributed by atoms with Gasteiger partial charge in [-0.15, -0.1) is 0 Å². The maximum absolute atomic E-state index is 12.0. The molecule has 0 saturated carbocycles. The maximum Gasteiger partial charge on any atom is 0.276 e. The van der Waals surface area contributed by atoms with Crippen molar-refractivity contribution in [2.24, 2.45) is 0 Å². The van der Waals surface area contributed by atoms with Gasteiger partial charge in [-0.1, -0.05) is 6.07 Å². The third-order valence-corrected chi connectivity index (χ3v) is 3.63. The van der Waals surface area contributed by atoms with Crippen LogP contribution in [0.3, 0.4) is 0 Å². The number of amides is 2. The Bertz CT molecular complexity index is 831. The zero-order chi connectivity index (χ0) is 19.3. The van der Waals surface area contributed by atoms with E-state index in [0.717, 1.165) is 0 Å². The van der Waals surface area contributed by atoms with Gasteiger partial charge in [0.05, 0.1) is 10.5 Å². The molecular weight excluding hydrogens is 338 g/mol. The van der Waals surface area contributed by atoms with E-state index in [9.17, 15) is 19.7 Å². The van der Waals surface area contributed by atoms with E-state index in [-0.39, 0.29) is 24.0 Å². The van der Waals surface area contributed by atoms with Crippen LogP contribution < -0.4 is 10.1 Å². The van der Waals surface area contributed by atoms with Gasteiger partial charge in [0.1, 0.15) is 5.75 Å². The fraction of sp³-hybridized carbons (Fsp3) is 0.222. The van der Waals surface area contributed by atoms with Gasteiger partial charge in [0.25, 0.3) is 17.5 Å². The van der Waals surface area contributed by atoms with Crippen LogP contribution in [0.1, 0.15) is 15.9 Å². The molecule has 2 aromatic carbocycles. The highest BCUT2D eigenvalue weighted by Gasteiger charge is 2.15. The molecule has 2 amide bonds. The van der Waals surface area contributed by atoms with Crippen LogP contribution in [0.15, 0.2) is 42.5 Å². The van der Waals surface area contributed by atoms with Gasteiger partial charge in [0.2, 0.25) is 0 Å². The zero-order valence-corrected chi connectivity index (χ0v) is 14.7. The van der Waals surface area contributed by atoms with Crippen LogP contribution in [-0.2, 0) is 4.79 Å². The number of carbonyl (C=O) groups excluding carboxylic acids is 2. The second kappa shape index (κ2) is 8.11. The summed E-state index contributed by atoms with van der Waals surface area (Å²) in [6.07, 6.45) is 0. The Kier molecular flexibility index (Phi) is 5.90. The first-order valence-corrected chi connectivity index (χ1v) is 7.78. The van der Waals surface area contributed by atoms with Gasteiger partial charge in [0.15, 0.2) is 6.61 Å². The van der Waals surface area contributed by atoms with Gasteiger partial charge in [0, 0.05) is 31.4 Å². The number of benzene rings is 2. The maximum atomic E-state index is 12.0. The summed E-state index contributed by atoms with van der Waals surface area (Å²) in [7, 11) is 3.32. The van der Waals surface area contributed by atoms with Gasteiger partial charge >= 0.3 is 0 Å². The quantitative estimate of drug-likeness (QED) is 0.632. The predicted octanol–water partition coefficient (Wildman–Crippen LogP) is 2.62. The first-order chi connectivity index (χ1) is 12.3. The van der Waals surface area contributed by atoms with Gasteiger partial charge in [-0.25, -0.2) is 0 Å². The third kappa shape index (κ3) is 4.56. The van der Waals surface area contributed by atoms with E-state index in [2.05, 4.69) is 5.32 Å². The number of rotatable bonds is 6. The summed E-state index contributed by atoms with van der Waals surface area (Å²) in [4.78, 5) is 35.7. The number of hydrogen-bond acceptors (Lipinski definition) is 5. The topological polar surface area (TPSA) is 102 Å². The number of hydrogen-bond donors (Lipinski definition) is 1. The summed E-state index contributed by atoms with van der Waals surface area (Å²) in [5, 5.41) is 13.6. The highest BCUT2D eigenvalue weighted by Crippen LogP contribution is 2.26. The lowest BCUT2D eigenvalue weighted by Crippen LogP contribution is -2.22. The molecule has 2 aromatic rings. The van der Waals surface area contributed by atoms with Crippen molar-refractivity contribution in [3.05, 3.63) is 63.7 Å². The smallest absolute Gasteiger partial charge is 0.276 e. The van der Waals surface area contributed by atoms with E-state index in [1.54, 1.807) is 51.4 Å². The summed E-state index contributed by atoms with van der Waals surface area (Å²) in [5.41, 5.74) is 1.32. The van der Waals surface area contributed by atoms with Crippen molar-refractivity contribution in [1.29, 1.82) is 0 Å². The fourth-order valence-corrected chi connectivity index (χ4v) is 2.25. The van der Waals surface area contributed by atoms with Gasteiger partial charge in [-0.05, 0) is 37.3 Å². The van der Waals surface area contributed by atoms with Crippen LogP contribution in [0.25, 0.3) is 0 Å². The largest absolute Gasteiger partial charge is 0.483 e. The van der Waals surface area contributed by atoms with Crippen LogP contribution in [-0.4, -0.2) is 42.3 Å². The van der Waals surface area contributed by atoms with Crippen LogP contribution >= 0.6 is 0 Å². The van der Waals surface area contributed by atoms with Crippen molar-refractivity contribution >= 4 is 23.2 Å². The van der Waals surface area contributed by atoms with E-state index < -0.39 is 10.8 Å². The molecule has 26 heavy (non-hydrogen) atoms. The van der Waals surface area contributed by atoms with Crippen molar-refractivity contribution < 1.29 is 19.2 Å². The minimum atomic E-state index is -0.501. The van der Waals surface area contributed by atoms with Gasteiger partial charge in [-0.3, -0.25) is 19.7 Å². The van der Waals surface area contributed by atoms with Crippen LogP contribution in [0.5, 0.6) is 5.75 Å². The van der Waals surface area contributed by atoms with E-state index in [1.165, 1.54) is 17.0 Å². The normalized spacial score (nSPS) is 10.1. The highest BCUT2D eigenvalue weighted by atomic mass is 16.6. The Morgan fingerprint density at radius 1 is 1.15 bits per heavy atom. The molecule has 0 fully saturated rings. The highest BCUT2D eigenvalue weighted by molar-refractivity contribution is 5.95. The predicted molar refractivity (Wildman–Crippen MR) is 96.4 cm³/mol. The van der Waals surface area contributed by atoms with E-state index in [1.807, 2.05) is 0 Å². The number of nitrogens with one attached hydrogen (secondary N) is 1. The molecule has 0 aliphatic heterocycles. The lowest BCUT2D eigenvalue weighted by atomic mass is 10.2. The molecule has 0 spiro atoms. The summed E-state index contributed by atoms with van der Waals surface area (Å²) in [6.45, 7) is 1.27. The number of ether oxygens (including phenoxy) is 1. The molecule has 0 heterocycles. The Morgan fingerprint density at radius 3 is 2.38 bits per heavy atom. The zero-order valence-electron chi connectivity index (χ0n) is 14.7. The first-order valence-electron chi connectivity index (χ1n) is 7.78. The summed E-state index contributed by atoms with van der Waals surface area (Å²) in [6, 6.07) is 10.9. The van der Waals surface area contributed by atoms with Crippen LogP contribution in [0, 0.1) is 17.0 Å². The summed E-state index contributed by atoms with van der Waals surface area (Å²) < 4.78 is 5.38. The molecule has 0 aromatic heterocycles. The second-order valence-corrected chi connectivity index (χ2v) is 5.77. The average molecular weight is 357 g/mol. The molecule has 2 rings (SSSR count). The Labute approximate surface area is 150 Å². The molecule has 136 valence electrons. The molecule has 1 N–H and O–H groups in total. The summed E-state index contributed by atoms with van der Waals surface area (Å²) >= 11 is 0. The SMILES string of the molecule is Cc1c(OCC(=O)Nc2ccc(C(=O)N(C)C)cc2)cccc1[N+](=O)[O-]. The summed E-state index contributed by atoms with van der Waals surface area (Å²) in [5.74, 6) is -0.267. The molecule has 0 aliphatic carbocycles. The first kappa shape index (κ1) is 18.9. The van der Waals surface area contributed by atoms with Crippen molar-refractivity contribution in [2.75, 3.05) is 26.0 Å². The average Bonchev–Trinajstić information content (AvgIpc) is 2.60. The molecular formula is C18H19N3O5. The number of nitro groups is 1. The third-order valence-electron chi connectivity index (χ3n) is 3.63. The van der Waals surface area contributed by atoms with Crippen molar-refractivity contribution in [3.8, 4) is 5.75 Å². The molecule has 0 radical (unpaired) electrons. The molecule has 0 saturated heterocycles. The fourth-order valence-electron chi connectivity index (χ4n) is 2.25. The van der Waals surface area contributed by atoms with E-state index in [4.69, 9.17) is 4.74 Å². The van der Waals surface area contributed by atoms with Crippen molar-refractivity contribution in [2.45, 2.75) is 6.92 Å². The monoisotopic (exact) mass is 357 g/mol. The molecule has 0 bridgehead atoms. The minimum absolute atomic E-state index is 0.0657. The molecule has 8 nitrogen and oxygen atoms in total. The Hall–Kier alpha value is -3.42. The van der Waals surface area contributed by atoms with Gasteiger partial charge < -0.3 is 15.0 Å². The molecule has 0 atom stereocenters. The number of nitro benzene ring substituents is 1.